The van der Waals surface area contributed by atoms with E-state index >= 15 is 0 Å². The van der Waals surface area contributed by atoms with Crippen LogP contribution < -0.4 is 19.5 Å². The van der Waals surface area contributed by atoms with Crippen LogP contribution in [0, 0.1) is 0 Å². The van der Waals surface area contributed by atoms with Crippen LogP contribution in [-0.2, 0) is 21.5 Å². The SMILES string of the molecule is CN1C(C(=O)NCc2ccccn2)CC(c2ccc3c(c2)OCO3)NS1(=O)=O. The van der Waals surface area contributed by atoms with Crippen LogP contribution in [0.1, 0.15) is 23.7 Å². The predicted molar refractivity (Wildman–Crippen MR) is 99.6 cm³/mol. The first kappa shape index (κ1) is 18.7. The topological polar surface area (TPSA) is 110 Å². The molecule has 28 heavy (non-hydrogen) atoms. The molecule has 1 amide bonds. The summed E-state index contributed by atoms with van der Waals surface area (Å²) in [7, 11) is -2.42. The van der Waals surface area contributed by atoms with Crippen LogP contribution in [0.25, 0.3) is 0 Å². The van der Waals surface area contributed by atoms with Crippen molar-refractivity contribution in [3.05, 3.63) is 53.9 Å². The summed E-state index contributed by atoms with van der Waals surface area (Å²) in [6.45, 7) is 0.364. The Kier molecular flexibility index (Phi) is 4.92. The number of fused-ring (bicyclic) bond motifs is 1. The normalized spacial score (nSPS) is 23.3. The molecule has 0 radical (unpaired) electrons. The quantitative estimate of drug-likeness (QED) is 0.777. The Morgan fingerprint density at radius 3 is 2.89 bits per heavy atom. The maximum Gasteiger partial charge on any atom is 0.280 e. The third-order valence-electron chi connectivity index (χ3n) is 4.84. The van der Waals surface area contributed by atoms with E-state index < -0.39 is 22.3 Å². The molecule has 1 saturated heterocycles. The summed E-state index contributed by atoms with van der Waals surface area (Å²) in [6, 6.07) is 9.25. The molecule has 0 saturated carbocycles. The van der Waals surface area contributed by atoms with Crippen LogP contribution >= 0.6 is 0 Å². The zero-order valence-corrected chi connectivity index (χ0v) is 16.0. The number of aromatic nitrogens is 1. The van der Waals surface area contributed by atoms with E-state index in [1.54, 1.807) is 36.5 Å². The number of ether oxygens (including phenoxy) is 2. The summed E-state index contributed by atoms with van der Waals surface area (Å²) in [5, 5.41) is 2.77. The number of amides is 1. The van der Waals surface area contributed by atoms with E-state index in [-0.39, 0.29) is 25.7 Å². The number of pyridine rings is 1. The van der Waals surface area contributed by atoms with E-state index in [2.05, 4.69) is 15.0 Å². The molecule has 2 aliphatic rings. The van der Waals surface area contributed by atoms with Crippen LogP contribution in [0.3, 0.4) is 0 Å². The Morgan fingerprint density at radius 1 is 1.29 bits per heavy atom. The highest BCUT2D eigenvalue weighted by Gasteiger charge is 2.40. The standard InChI is InChI=1S/C18H20N4O5S/c1-22-15(18(23)20-10-13-4-2-3-7-19-13)9-14(21-28(22,24)25)12-5-6-16-17(8-12)27-11-26-16/h2-8,14-15,21H,9-11H2,1H3,(H,20,23). The van der Waals surface area contributed by atoms with Crippen LogP contribution in [-0.4, -0.2) is 43.5 Å². The van der Waals surface area contributed by atoms with Crippen molar-refractivity contribution in [2.24, 2.45) is 0 Å². The maximum atomic E-state index is 12.7. The summed E-state index contributed by atoms with van der Waals surface area (Å²) < 4.78 is 39.4. The molecule has 10 heteroatoms. The molecule has 2 aromatic rings. The summed E-state index contributed by atoms with van der Waals surface area (Å²) in [6.07, 6.45) is 1.92. The van der Waals surface area contributed by atoms with Crippen LogP contribution in [0.2, 0.25) is 0 Å². The van der Waals surface area contributed by atoms with Gasteiger partial charge in [0.05, 0.1) is 18.3 Å². The molecule has 0 aliphatic carbocycles. The monoisotopic (exact) mass is 404 g/mol. The zero-order chi connectivity index (χ0) is 19.7. The van der Waals surface area contributed by atoms with Gasteiger partial charge in [0.25, 0.3) is 10.2 Å². The van der Waals surface area contributed by atoms with Crippen molar-refractivity contribution in [1.29, 1.82) is 0 Å². The van der Waals surface area contributed by atoms with Gasteiger partial charge in [0, 0.05) is 13.2 Å². The van der Waals surface area contributed by atoms with Gasteiger partial charge < -0.3 is 14.8 Å². The van der Waals surface area contributed by atoms with E-state index in [0.717, 1.165) is 4.31 Å². The molecule has 9 nitrogen and oxygen atoms in total. The lowest BCUT2D eigenvalue weighted by molar-refractivity contribution is -0.125. The van der Waals surface area contributed by atoms with Gasteiger partial charge in [0.2, 0.25) is 12.7 Å². The number of likely N-dealkylation sites (N-methyl/N-ethyl adjacent to an activating group) is 1. The first-order chi connectivity index (χ1) is 13.4. The Bertz CT molecular complexity index is 983. The molecule has 1 aromatic heterocycles. The highest BCUT2D eigenvalue weighted by Crippen LogP contribution is 2.36. The average molecular weight is 404 g/mol. The minimum atomic E-state index is -3.82. The summed E-state index contributed by atoms with van der Waals surface area (Å²) in [4.78, 5) is 16.9. The zero-order valence-electron chi connectivity index (χ0n) is 15.2. The summed E-state index contributed by atoms with van der Waals surface area (Å²) >= 11 is 0. The van der Waals surface area contributed by atoms with Crippen molar-refractivity contribution in [1.82, 2.24) is 19.3 Å². The van der Waals surface area contributed by atoms with Gasteiger partial charge in [-0.15, -0.1) is 0 Å². The molecule has 4 rings (SSSR count). The van der Waals surface area contributed by atoms with Crippen LogP contribution in [0.4, 0.5) is 0 Å². The van der Waals surface area contributed by atoms with Crippen molar-refractivity contribution >= 4 is 16.1 Å². The maximum absolute atomic E-state index is 12.7. The largest absolute Gasteiger partial charge is 0.454 e. The highest BCUT2D eigenvalue weighted by atomic mass is 32.2. The molecule has 148 valence electrons. The molecule has 2 unspecified atom stereocenters. The third-order valence-corrected chi connectivity index (χ3v) is 6.43. The number of nitrogens with one attached hydrogen (secondary N) is 2. The molecule has 2 aliphatic heterocycles. The van der Waals surface area contributed by atoms with Crippen molar-refractivity contribution < 1.29 is 22.7 Å². The van der Waals surface area contributed by atoms with Crippen molar-refractivity contribution in [2.45, 2.75) is 25.0 Å². The van der Waals surface area contributed by atoms with Gasteiger partial charge >= 0.3 is 0 Å². The van der Waals surface area contributed by atoms with Gasteiger partial charge in [0.1, 0.15) is 6.04 Å². The molecule has 2 N–H and O–H groups in total. The molecule has 0 bridgehead atoms. The Labute approximate surface area is 162 Å². The molecule has 3 heterocycles. The van der Waals surface area contributed by atoms with E-state index in [1.807, 2.05) is 6.07 Å². The lowest BCUT2D eigenvalue weighted by Crippen LogP contribution is -2.57. The van der Waals surface area contributed by atoms with E-state index in [9.17, 15) is 13.2 Å². The number of benzene rings is 1. The number of carbonyl (C=O) groups is 1. The van der Waals surface area contributed by atoms with E-state index in [4.69, 9.17) is 9.47 Å². The molecular formula is C18H20N4O5S. The van der Waals surface area contributed by atoms with Crippen molar-refractivity contribution in [2.75, 3.05) is 13.8 Å². The van der Waals surface area contributed by atoms with Crippen molar-refractivity contribution in [3.8, 4) is 11.5 Å². The fourth-order valence-corrected chi connectivity index (χ4v) is 4.53. The number of carbonyl (C=O) groups excluding carboxylic acids is 1. The van der Waals surface area contributed by atoms with Crippen molar-refractivity contribution in [3.63, 3.8) is 0 Å². The predicted octanol–water partition coefficient (Wildman–Crippen LogP) is 0.706. The fraction of sp³-hybridized carbons (Fsp3) is 0.333. The number of hydrogen-bond acceptors (Lipinski definition) is 6. The molecule has 1 fully saturated rings. The smallest absolute Gasteiger partial charge is 0.280 e. The first-order valence-electron chi connectivity index (χ1n) is 8.76. The van der Waals surface area contributed by atoms with E-state index in [1.165, 1.54) is 7.05 Å². The molecule has 0 spiro atoms. The Morgan fingerprint density at radius 2 is 2.11 bits per heavy atom. The molecular weight excluding hydrogens is 384 g/mol. The van der Waals surface area contributed by atoms with Gasteiger partial charge in [0.15, 0.2) is 11.5 Å². The molecule has 2 atom stereocenters. The van der Waals surface area contributed by atoms with Gasteiger partial charge in [-0.25, -0.2) is 0 Å². The second kappa shape index (κ2) is 7.38. The Balaban J connectivity index is 1.52. The fourth-order valence-electron chi connectivity index (χ4n) is 3.25. The number of rotatable bonds is 4. The summed E-state index contributed by atoms with van der Waals surface area (Å²) in [5.41, 5.74) is 1.41. The van der Waals surface area contributed by atoms with Gasteiger partial charge in [-0.3, -0.25) is 9.78 Å². The van der Waals surface area contributed by atoms with Gasteiger partial charge in [-0.05, 0) is 36.2 Å². The minimum absolute atomic E-state index is 0.135. The third kappa shape index (κ3) is 3.66. The van der Waals surface area contributed by atoms with E-state index in [0.29, 0.717) is 22.8 Å². The highest BCUT2D eigenvalue weighted by molar-refractivity contribution is 7.87. The number of nitrogens with zero attached hydrogens (tertiary/aromatic N) is 2. The van der Waals surface area contributed by atoms with Crippen LogP contribution in [0.15, 0.2) is 42.6 Å². The second-order valence-electron chi connectivity index (χ2n) is 6.59. The summed E-state index contributed by atoms with van der Waals surface area (Å²) in [5.74, 6) is 0.805. The average Bonchev–Trinajstić information content (AvgIpc) is 3.16. The molecule has 1 aromatic carbocycles. The second-order valence-corrected chi connectivity index (χ2v) is 8.36. The van der Waals surface area contributed by atoms with Crippen LogP contribution in [0.5, 0.6) is 11.5 Å². The van der Waals surface area contributed by atoms with Gasteiger partial charge in [-0.1, -0.05) is 12.1 Å². The first-order valence-corrected chi connectivity index (χ1v) is 10.2. The lowest BCUT2D eigenvalue weighted by atomic mass is 9.99. The Hall–Kier alpha value is -2.69. The minimum Gasteiger partial charge on any atom is -0.454 e. The van der Waals surface area contributed by atoms with Gasteiger partial charge in [-0.2, -0.15) is 17.4 Å². The number of hydrogen-bond donors (Lipinski definition) is 2. The lowest BCUT2D eigenvalue weighted by Gasteiger charge is -2.36.